The SMILES string of the molecule is CC(O)C(NC(=O)c1cnc2sccn2c1=O)C(=O)O. The van der Waals surface area contributed by atoms with Gasteiger partial charge in [0.2, 0.25) is 0 Å². The summed E-state index contributed by atoms with van der Waals surface area (Å²) in [4.78, 5) is 39.2. The van der Waals surface area contributed by atoms with Crippen molar-refractivity contribution in [3.8, 4) is 0 Å². The molecule has 2 heterocycles. The van der Waals surface area contributed by atoms with Crippen LogP contribution in [0.2, 0.25) is 0 Å². The maximum atomic E-state index is 12.0. The van der Waals surface area contributed by atoms with Crippen molar-refractivity contribution in [2.75, 3.05) is 0 Å². The van der Waals surface area contributed by atoms with Crippen LogP contribution in [-0.2, 0) is 4.79 Å². The molecule has 2 atom stereocenters. The lowest BCUT2D eigenvalue weighted by Gasteiger charge is -2.16. The van der Waals surface area contributed by atoms with Gasteiger partial charge in [-0.15, -0.1) is 11.3 Å². The molecule has 0 saturated heterocycles. The number of fused-ring (bicyclic) bond motifs is 1. The van der Waals surface area contributed by atoms with Crippen molar-refractivity contribution in [3.63, 3.8) is 0 Å². The lowest BCUT2D eigenvalue weighted by atomic mass is 10.1. The molecule has 0 bridgehead atoms. The van der Waals surface area contributed by atoms with Crippen LogP contribution in [0.3, 0.4) is 0 Å². The maximum absolute atomic E-state index is 12.0. The Morgan fingerprint density at radius 2 is 2.20 bits per heavy atom. The van der Waals surface area contributed by atoms with Gasteiger partial charge in [-0.1, -0.05) is 0 Å². The van der Waals surface area contributed by atoms with E-state index in [1.54, 1.807) is 5.38 Å². The van der Waals surface area contributed by atoms with E-state index in [-0.39, 0.29) is 5.56 Å². The lowest BCUT2D eigenvalue weighted by molar-refractivity contribution is -0.141. The Hall–Kier alpha value is -2.26. The van der Waals surface area contributed by atoms with Crippen LogP contribution in [0.25, 0.3) is 4.96 Å². The molecule has 0 saturated carbocycles. The summed E-state index contributed by atoms with van der Waals surface area (Å²) in [5.74, 6) is -2.28. The second-order valence-electron chi connectivity index (χ2n) is 4.06. The summed E-state index contributed by atoms with van der Waals surface area (Å²) in [6.07, 6.45) is 1.26. The van der Waals surface area contributed by atoms with E-state index in [2.05, 4.69) is 10.3 Å². The van der Waals surface area contributed by atoms with Crippen LogP contribution in [-0.4, -0.2) is 43.6 Å². The molecule has 9 heteroatoms. The van der Waals surface area contributed by atoms with Gasteiger partial charge in [-0.2, -0.15) is 0 Å². The monoisotopic (exact) mass is 297 g/mol. The Balaban J connectivity index is 2.34. The number of nitrogens with one attached hydrogen (secondary N) is 1. The number of carboxylic acids is 1. The van der Waals surface area contributed by atoms with Crippen molar-refractivity contribution in [1.29, 1.82) is 0 Å². The molecule has 2 aromatic rings. The number of nitrogens with zero attached hydrogens (tertiary/aromatic N) is 2. The third-order valence-electron chi connectivity index (χ3n) is 2.62. The Bertz CT molecular complexity index is 720. The highest BCUT2D eigenvalue weighted by molar-refractivity contribution is 7.15. The number of carbonyl (C=O) groups excluding carboxylic acids is 1. The van der Waals surface area contributed by atoms with Crippen molar-refractivity contribution in [2.24, 2.45) is 0 Å². The largest absolute Gasteiger partial charge is 0.480 e. The Labute approximate surface area is 116 Å². The van der Waals surface area contributed by atoms with Crippen LogP contribution in [0.15, 0.2) is 22.6 Å². The number of aliphatic hydroxyl groups excluding tert-OH is 1. The quantitative estimate of drug-likeness (QED) is 0.687. The topological polar surface area (TPSA) is 121 Å². The van der Waals surface area contributed by atoms with E-state index in [1.165, 1.54) is 28.9 Å². The van der Waals surface area contributed by atoms with Gasteiger partial charge >= 0.3 is 5.97 Å². The summed E-state index contributed by atoms with van der Waals surface area (Å²) in [6.45, 7) is 1.23. The number of aliphatic hydroxyl groups is 1. The third kappa shape index (κ3) is 2.53. The highest BCUT2D eigenvalue weighted by atomic mass is 32.1. The average molecular weight is 297 g/mol. The van der Waals surface area contributed by atoms with Crippen LogP contribution >= 0.6 is 11.3 Å². The van der Waals surface area contributed by atoms with Gasteiger partial charge in [0.15, 0.2) is 11.0 Å². The van der Waals surface area contributed by atoms with E-state index in [0.717, 1.165) is 6.20 Å². The first-order chi connectivity index (χ1) is 9.41. The number of hydrogen-bond acceptors (Lipinski definition) is 6. The first kappa shape index (κ1) is 14.2. The Morgan fingerprint density at radius 1 is 1.50 bits per heavy atom. The third-order valence-corrected chi connectivity index (χ3v) is 3.39. The number of carbonyl (C=O) groups is 2. The van der Waals surface area contributed by atoms with E-state index in [9.17, 15) is 19.5 Å². The van der Waals surface area contributed by atoms with Crippen LogP contribution < -0.4 is 10.9 Å². The van der Waals surface area contributed by atoms with Crippen LogP contribution in [0.1, 0.15) is 17.3 Å². The number of hydrogen-bond donors (Lipinski definition) is 3. The maximum Gasteiger partial charge on any atom is 0.328 e. The Kier molecular flexibility index (Phi) is 3.81. The standard InChI is InChI=1S/C11H11N3O5S/c1-5(15)7(10(18)19)13-8(16)6-4-12-11-14(9(6)17)2-3-20-11/h2-5,7,15H,1H3,(H,13,16)(H,18,19). The van der Waals surface area contributed by atoms with Gasteiger partial charge < -0.3 is 15.5 Å². The molecular weight excluding hydrogens is 286 g/mol. The molecule has 20 heavy (non-hydrogen) atoms. The lowest BCUT2D eigenvalue weighted by Crippen LogP contribution is -2.48. The second kappa shape index (κ2) is 5.39. The first-order valence-corrected chi connectivity index (χ1v) is 6.46. The van der Waals surface area contributed by atoms with Crippen molar-refractivity contribution >= 4 is 28.2 Å². The highest BCUT2D eigenvalue weighted by Gasteiger charge is 2.26. The normalized spacial score (nSPS) is 13.9. The zero-order valence-corrected chi connectivity index (χ0v) is 11.1. The van der Waals surface area contributed by atoms with Crippen LogP contribution in [0.4, 0.5) is 0 Å². The smallest absolute Gasteiger partial charge is 0.328 e. The Morgan fingerprint density at radius 3 is 2.80 bits per heavy atom. The summed E-state index contributed by atoms with van der Waals surface area (Å²) in [6, 6.07) is -1.50. The zero-order chi connectivity index (χ0) is 14.9. The van der Waals surface area contributed by atoms with E-state index in [0.29, 0.717) is 4.96 Å². The summed E-state index contributed by atoms with van der Waals surface area (Å²) in [5.41, 5.74) is -0.878. The molecule has 0 aromatic carbocycles. The molecule has 0 spiro atoms. The molecule has 0 aliphatic heterocycles. The van der Waals surface area contributed by atoms with Gasteiger partial charge in [0, 0.05) is 17.8 Å². The first-order valence-electron chi connectivity index (χ1n) is 5.58. The molecule has 0 fully saturated rings. The van der Waals surface area contributed by atoms with E-state index in [1.807, 2.05) is 0 Å². The fourth-order valence-electron chi connectivity index (χ4n) is 1.59. The number of carboxylic acid groups (broad SMARTS) is 1. The summed E-state index contributed by atoms with van der Waals surface area (Å²) in [5, 5.41) is 21.9. The zero-order valence-electron chi connectivity index (χ0n) is 10.3. The highest BCUT2D eigenvalue weighted by Crippen LogP contribution is 2.06. The van der Waals surface area contributed by atoms with Crippen molar-refractivity contribution in [1.82, 2.24) is 14.7 Å². The van der Waals surface area contributed by atoms with Crippen molar-refractivity contribution < 1.29 is 19.8 Å². The molecular formula is C11H11N3O5S. The molecule has 1 amide bonds. The van der Waals surface area contributed by atoms with E-state index < -0.39 is 29.6 Å². The summed E-state index contributed by atoms with van der Waals surface area (Å²) < 4.78 is 1.19. The number of aromatic nitrogens is 2. The molecule has 106 valence electrons. The second-order valence-corrected chi connectivity index (χ2v) is 4.94. The fourth-order valence-corrected chi connectivity index (χ4v) is 2.26. The minimum atomic E-state index is -1.50. The number of rotatable bonds is 4. The summed E-state index contributed by atoms with van der Waals surface area (Å²) in [7, 11) is 0. The number of amides is 1. The predicted molar refractivity (Wildman–Crippen MR) is 69.9 cm³/mol. The van der Waals surface area contributed by atoms with Crippen LogP contribution in [0, 0.1) is 0 Å². The van der Waals surface area contributed by atoms with Gasteiger partial charge in [0.1, 0.15) is 5.56 Å². The molecule has 0 aliphatic rings. The minimum Gasteiger partial charge on any atom is -0.480 e. The molecule has 3 N–H and O–H groups in total. The fraction of sp³-hybridized carbons (Fsp3) is 0.273. The molecule has 8 nitrogen and oxygen atoms in total. The van der Waals surface area contributed by atoms with Gasteiger partial charge in [-0.3, -0.25) is 14.0 Å². The van der Waals surface area contributed by atoms with Gasteiger partial charge in [-0.05, 0) is 6.92 Å². The van der Waals surface area contributed by atoms with E-state index >= 15 is 0 Å². The molecule has 2 rings (SSSR count). The number of aliphatic carboxylic acids is 1. The van der Waals surface area contributed by atoms with E-state index in [4.69, 9.17) is 5.11 Å². The summed E-state index contributed by atoms with van der Waals surface area (Å²) >= 11 is 1.23. The van der Waals surface area contributed by atoms with Crippen molar-refractivity contribution in [2.45, 2.75) is 19.1 Å². The van der Waals surface area contributed by atoms with Gasteiger partial charge in [-0.25, -0.2) is 9.78 Å². The average Bonchev–Trinajstić information content (AvgIpc) is 2.84. The molecule has 0 aliphatic carbocycles. The number of thiazole rings is 1. The molecule has 2 aromatic heterocycles. The molecule has 2 unspecified atom stereocenters. The van der Waals surface area contributed by atoms with Crippen molar-refractivity contribution in [3.05, 3.63) is 33.7 Å². The van der Waals surface area contributed by atoms with Gasteiger partial charge in [0.05, 0.1) is 6.10 Å². The molecule has 0 radical (unpaired) electrons. The van der Waals surface area contributed by atoms with Gasteiger partial charge in [0.25, 0.3) is 11.5 Å². The minimum absolute atomic E-state index is 0.284. The predicted octanol–water partition coefficient (Wildman–Crippen LogP) is -0.680. The van der Waals surface area contributed by atoms with Crippen LogP contribution in [0.5, 0.6) is 0 Å².